The van der Waals surface area contributed by atoms with Crippen molar-refractivity contribution in [2.75, 3.05) is 6.61 Å². The zero-order valence-corrected chi connectivity index (χ0v) is 14.7. The van der Waals surface area contributed by atoms with Gasteiger partial charge < -0.3 is 15.0 Å². The lowest BCUT2D eigenvalue weighted by Crippen LogP contribution is -2.42. The number of rotatable bonds is 6. The predicted molar refractivity (Wildman–Crippen MR) is 97.1 cm³/mol. The summed E-state index contributed by atoms with van der Waals surface area (Å²) in [6.07, 6.45) is 7.35. The van der Waals surface area contributed by atoms with E-state index in [0.29, 0.717) is 12.3 Å². The van der Waals surface area contributed by atoms with Crippen LogP contribution in [0.5, 0.6) is 0 Å². The van der Waals surface area contributed by atoms with Gasteiger partial charge in [-0.05, 0) is 36.8 Å². The number of H-pyrrole nitrogens is 1. The van der Waals surface area contributed by atoms with Gasteiger partial charge in [0.1, 0.15) is 0 Å². The maximum atomic E-state index is 12.0. The van der Waals surface area contributed by atoms with Crippen LogP contribution >= 0.6 is 0 Å². The van der Waals surface area contributed by atoms with Crippen LogP contribution < -0.4 is 5.32 Å². The molecule has 1 aromatic carbocycles. The van der Waals surface area contributed by atoms with Crippen molar-refractivity contribution in [2.45, 2.75) is 51.5 Å². The summed E-state index contributed by atoms with van der Waals surface area (Å²) in [7, 11) is 0. The molecule has 1 aliphatic carbocycles. The number of esters is 1. The molecule has 2 aromatic rings. The van der Waals surface area contributed by atoms with Gasteiger partial charge in [-0.15, -0.1) is 0 Å². The number of ether oxygens (including phenoxy) is 1. The smallest absolute Gasteiger partial charge is 0.306 e. The number of nitrogens with one attached hydrogen (secondary N) is 2. The van der Waals surface area contributed by atoms with E-state index >= 15 is 0 Å². The highest BCUT2D eigenvalue weighted by molar-refractivity contribution is 5.84. The molecular formula is C20H26N2O3. The molecule has 1 amide bonds. The molecule has 0 radical (unpaired) electrons. The SMILES string of the molecule is C[C@@H]1CCCC[C@@H]1NC(=O)COC(=O)CCc1c[nH]c2ccccc12. The summed E-state index contributed by atoms with van der Waals surface area (Å²) in [4.78, 5) is 27.1. The third kappa shape index (κ3) is 4.62. The summed E-state index contributed by atoms with van der Waals surface area (Å²) in [5.74, 6) is -0.0356. The number of benzene rings is 1. The molecule has 5 nitrogen and oxygen atoms in total. The van der Waals surface area contributed by atoms with Crippen LogP contribution in [0.15, 0.2) is 30.5 Å². The van der Waals surface area contributed by atoms with Crippen LogP contribution in [0.2, 0.25) is 0 Å². The number of fused-ring (bicyclic) bond motifs is 1. The van der Waals surface area contributed by atoms with Crippen LogP contribution in [0, 0.1) is 5.92 Å². The van der Waals surface area contributed by atoms with E-state index in [1.807, 2.05) is 30.5 Å². The molecule has 1 aliphatic rings. The average molecular weight is 342 g/mol. The number of aromatic nitrogens is 1. The highest BCUT2D eigenvalue weighted by Gasteiger charge is 2.23. The Kier molecular flexibility index (Phi) is 5.74. The number of carbonyl (C=O) groups excluding carboxylic acids is 2. The minimum Gasteiger partial charge on any atom is -0.456 e. The summed E-state index contributed by atoms with van der Waals surface area (Å²) in [6, 6.07) is 8.21. The third-order valence-corrected chi connectivity index (χ3v) is 5.10. The molecule has 1 fully saturated rings. The summed E-state index contributed by atoms with van der Waals surface area (Å²) >= 11 is 0. The summed E-state index contributed by atoms with van der Waals surface area (Å²) in [5.41, 5.74) is 2.15. The van der Waals surface area contributed by atoms with Crippen LogP contribution in [0.3, 0.4) is 0 Å². The van der Waals surface area contributed by atoms with Crippen LogP contribution in [-0.2, 0) is 20.7 Å². The van der Waals surface area contributed by atoms with E-state index < -0.39 is 0 Å². The molecule has 0 unspecified atom stereocenters. The molecule has 0 spiro atoms. The fourth-order valence-electron chi connectivity index (χ4n) is 3.57. The van der Waals surface area contributed by atoms with E-state index in [4.69, 9.17) is 4.74 Å². The normalized spacial score (nSPS) is 20.4. The Morgan fingerprint density at radius 3 is 2.88 bits per heavy atom. The summed E-state index contributed by atoms with van der Waals surface area (Å²) < 4.78 is 5.13. The average Bonchev–Trinajstić information content (AvgIpc) is 3.03. The Labute approximate surface area is 148 Å². The van der Waals surface area contributed by atoms with Crippen LogP contribution in [0.4, 0.5) is 0 Å². The molecule has 3 rings (SSSR count). The third-order valence-electron chi connectivity index (χ3n) is 5.10. The largest absolute Gasteiger partial charge is 0.456 e. The zero-order chi connectivity index (χ0) is 17.6. The molecule has 0 aliphatic heterocycles. The summed E-state index contributed by atoms with van der Waals surface area (Å²) in [5, 5.41) is 4.12. The number of hydrogen-bond acceptors (Lipinski definition) is 3. The lowest BCUT2D eigenvalue weighted by atomic mass is 9.86. The number of amides is 1. The number of aromatic amines is 1. The second-order valence-corrected chi connectivity index (χ2v) is 6.96. The number of carbonyl (C=O) groups is 2. The van der Waals surface area contributed by atoms with Gasteiger partial charge in [-0.25, -0.2) is 0 Å². The minimum absolute atomic E-state index is 0.185. The lowest BCUT2D eigenvalue weighted by molar-refractivity contribution is -0.148. The zero-order valence-electron chi connectivity index (χ0n) is 14.7. The van der Waals surface area contributed by atoms with Crippen LogP contribution in [0.25, 0.3) is 10.9 Å². The molecule has 1 heterocycles. The topological polar surface area (TPSA) is 71.2 Å². The predicted octanol–water partition coefficient (Wildman–Crippen LogP) is 3.34. The molecule has 25 heavy (non-hydrogen) atoms. The van der Waals surface area contributed by atoms with Crippen molar-refractivity contribution in [1.29, 1.82) is 0 Å². The van der Waals surface area contributed by atoms with Gasteiger partial charge in [0.05, 0.1) is 0 Å². The van der Waals surface area contributed by atoms with E-state index in [1.54, 1.807) is 0 Å². The molecular weight excluding hydrogens is 316 g/mol. The first-order valence-corrected chi connectivity index (χ1v) is 9.13. The Morgan fingerprint density at radius 1 is 1.24 bits per heavy atom. The quantitative estimate of drug-likeness (QED) is 0.791. The van der Waals surface area contributed by atoms with Crippen LogP contribution in [0.1, 0.15) is 44.6 Å². The first-order valence-electron chi connectivity index (χ1n) is 9.13. The van der Waals surface area contributed by atoms with Gasteiger partial charge in [0.25, 0.3) is 5.91 Å². The van der Waals surface area contributed by atoms with Crippen molar-refractivity contribution in [1.82, 2.24) is 10.3 Å². The van der Waals surface area contributed by atoms with Crippen molar-refractivity contribution in [2.24, 2.45) is 5.92 Å². The van der Waals surface area contributed by atoms with Gasteiger partial charge in [0.2, 0.25) is 0 Å². The van der Waals surface area contributed by atoms with E-state index in [2.05, 4.69) is 17.2 Å². The molecule has 2 atom stereocenters. The maximum Gasteiger partial charge on any atom is 0.306 e. The first kappa shape index (κ1) is 17.5. The fraction of sp³-hybridized carbons (Fsp3) is 0.500. The first-order chi connectivity index (χ1) is 12.1. The van der Waals surface area contributed by atoms with Gasteiger partial charge in [-0.3, -0.25) is 9.59 Å². The van der Waals surface area contributed by atoms with E-state index in [0.717, 1.165) is 35.7 Å². The van der Waals surface area contributed by atoms with Gasteiger partial charge in [-0.1, -0.05) is 38.0 Å². The van der Waals surface area contributed by atoms with Gasteiger partial charge in [0.15, 0.2) is 6.61 Å². The van der Waals surface area contributed by atoms with Crippen molar-refractivity contribution in [3.05, 3.63) is 36.0 Å². The highest BCUT2D eigenvalue weighted by Crippen LogP contribution is 2.23. The van der Waals surface area contributed by atoms with E-state index in [-0.39, 0.29) is 30.9 Å². The Morgan fingerprint density at radius 2 is 2.04 bits per heavy atom. The van der Waals surface area contributed by atoms with E-state index in [9.17, 15) is 9.59 Å². The molecule has 1 saturated carbocycles. The van der Waals surface area contributed by atoms with Gasteiger partial charge >= 0.3 is 5.97 Å². The molecule has 0 saturated heterocycles. The lowest BCUT2D eigenvalue weighted by Gasteiger charge is -2.29. The van der Waals surface area contributed by atoms with Crippen molar-refractivity contribution >= 4 is 22.8 Å². The van der Waals surface area contributed by atoms with Crippen molar-refractivity contribution in [3.8, 4) is 0 Å². The highest BCUT2D eigenvalue weighted by atomic mass is 16.5. The van der Waals surface area contributed by atoms with Gasteiger partial charge in [0, 0.05) is 29.6 Å². The van der Waals surface area contributed by atoms with Crippen molar-refractivity contribution in [3.63, 3.8) is 0 Å². The molecule has 1 aromatic heterocycles. The van der Waals surface area contributed by atoms with Crippen LogP contribution in [-0.4, -0.2) is 29.5 Å². The van der Waals surface area contributed by atoms with Gasteiger partial charge in [-0.2, -0.15) is 0 Å². The maximum absolute atomic E-state index is 12.0. The monoisotopic (exact) mass is 342 g/mol. The Hall–Kier alpha value is -2.30. The Bertz CT molecular complexity index is 737. The van der Waals surface area contributed by atoms with Crippen molar-refractivity contribution < 1.29 is 14.3 Å². The molecule has 134 valence electrons. The Balaban J connectivity index is 1.41. The number of para-hydroxylation sites is 1. The molecule has 5 heteroatoms. The number of hydrogen-bond donors (Lipinski definition) is 2. The second kappa shape index (κ2) is 8.19. The molecule has 0 bridgehead atoms. The second-order valence-electron chi connectivity index (χ2n) is 6.96. The standard InChI is InChI=1S/C20H26N2O3/c1-14-6-2-4-8-17(14)22-19(23)13-25-20(24)11-10-15-12-21-18-9-5-3-7-16(15)18/h3,5,7,9,12,14,17,21H,2,4,6,8,10-11,13H2,1H3,(H,22,23)/t14-,17+/m1/s1. The minimum atomic E-state index is -0.336. The van der Waals surface area contributed by atoms with E-state index in [1.165, 1.54) is 6.42 Å². The molecule has 2 N–H and O–H groups in total. The number of aryl methyl sites for hydroxylation is 1. The fourth-order valence-corrected chi connectivity index (χ4v) is 3.57. The summed E-state index contributed by atoms with van der Waals surface area (Å²) in [6.45, 7) is 1.98.